The summed E-state index contributed by atoms with van der Waals surface area (Å²) in [4.78, 5) is 0.198. The fourth-order valence-corrected chi connectivity index (χ4v) is 5.14. The number of aryl methyl sites for hydroxylation is 3. The molecule has 27 heavy (non-hydrogen) atoms. The van der Waals surface area contributed by atoms with Gasteiger partial charge < -0.3 is 4.42 Å². The van der Waals surface area contributed by atoms with Crippen molar-refractivity contribution in [3.05, 3.63) is 34.7 Å². The van der Waals surface area contributed by atoms with E-state index in [4.69, 9.17) is 4.42 Å². The summed E-state index contributed by atoms with van der Waals surface area (Å²) in [5.41, 5.74) is 2.23. The van der Waals surface area contributed by atoms with Crippen molar-refractivity contribution < 1.29 is 21.3 Å². The highest BCUT2D eigenvalue weighted by Crippen LogP contribution is 2.29. The van der Waals surface area contributed by atoms with E-state index in [1.807, 2.05) is 20.8 Å². The van der Waals surface area contributed by atoms with Crippen LogP contribution in [0, 0.1) is 26.7 Å². The molecule has 0 amide bonds. The van der Waals surface area contributed by atoms with E-state index in [1.54, 1.807) is 26.0 Å². The molecule has 0 bridgehead atoms. The first-order chi connectivity index (χ1) is 12.4. The first-order valence-electron chi connectivity index (χ1n) is 8.50. The molecule has 0 saturated heterocycles. The molecule has 0 fully saturated rings. The predicted molar refractivity (Wildman–Crippen MR) is 101 cm³/mol. The number of sulfonamides is 1. The molecule has 1 aromatic heterocycles. The van der Waals surface area contributed by atoms with Crippen LogP contribution >= 0.6 is 0 Å². The van der Waals surface area contributed by atoms with Crippen LogP contribution in [0.1, 0.15) is 48.9 Å². The topological polar surface area (TPSA) is 119 Å². The minimum atomic E-state index is -3.89. The van der Waals surface area contributed by atoms with Crippen LogP contribution in [0.2, 0.25) is 0 Å². The maximum absolute atomic E-state index is 13.1. The lowest BCUT2D eigenvalue weighted by atomic mass is 10.0. The van der Waals surface area contributed by atoms with E-state index >= 15 is 0 Å². The second kappa shape index (κ2) is 7.69. The Kier molecular flexibility index (Phi) is 6.13. The molecule has 0 aliphatic carbocycles. The molecular weight excluding hydrogens is 390 g/mol. The van der Waals surface area contributed by atoms with Crippen molar-refractivity contribution in [1.29, 1.82) is 0 Å². The van der Waals surface area contributed by atoms with Gasteiger partial charge in [0, 0.05) is 6.26 Å². The van der Waals surface area contributed by atoms with Gasteiger partial charge in [-0.2, -0.15) is 4.72 Å². The van der Waals surface area contributed by atoms with Crippen LogP contribution < -0.4 is 4.72 Å². The third-order valence-corrected chi connectivity index (χ3v) is 6.92. The fourth-order valence-electron chi connectivity index (χ4n) is 2.96. The zero-order chi connectivity index (χ0) is 20.6. The maximum Gasteiger partial charge on any atom is 0.335 e. The van der Waals surface area contributed by atoms with Crippen molar-refractivity contribution in [3.63, 3.8) is 0 Å². The average molecular weight is 416 g/mol. The smallest absolute Gasteiger partial charge is 0.335 e. The Labute approximate surface area is 160 Å². The molecule has 0 aliphatic rings. The Bertz CT molecular complexity index is 1020. The van der Waals surface area contributed by atoms with E-state index < -0.39 is 31.1 Å². The first kappa shape index (κ1) is 21.5. The summed E-state index contributed by atoms with van der Waals surface area (Å²) < 4.78 is 57.2. The Balaban J connectivity index is 2.49. The summed E-state index contributed by atoms with van der Waals surface area (Å²) in [6.07, 6.45) is 1.57. The molecule has 8 nitrogen and oxygen atoms in total. The van der Waals surface area contributed by atoms with E-state index in [9.17, 15) is 16.8 Å². The van der Waals surface area contributed by atoms with Gasteiger partial charge in [0.1, 0.15) is 6.04 Å². The van der Waals surface area contributed by atoms with Gasteiger partial charge in [0.05, 0.1) is 4.90 Å². The van der Waals surface area contributed by atoms with Crippen LogP contribution in [-0.4, -0.2) is 33.3 Å². The summed E-state index contributed by atoms with van der Waals surface area (Å²) in [6.45, 7) is 9.09. The molecular formula is C17H25N3O5S2. The third kappa shape index (κ3) is 4.74. The predicted octanol–water partition coefficient (Wildman–Crippen LogP) is 2.46. The quantitative estimate of drug-likeness (QED) is 0.737. The molecule has 0 spiro atoms. The summed E-state index contributed by atoms with van der Waals surface area (Å²) in [7, 11) is -7.57. The molecule has 1 N–H and O–H groups in total. The number of sulfone groups is 1. The van der Waals surface area contributed by atoms with E-state index in [0.717, 1.165) is 11.8 Å². The van der Waals surface area contributed by atoms with Crippen molar-refractivity contribution in [2.24, 2.45) is 5.92 Å². The highest BCUT2D eigenvalue weighted by molar-refractivity contribution is 7.90. The first-order valence-corrected chi connectivity index (χ1v) is 11.9. The molecule has 2 rings (SSSR count). The van der Waals surface area contributed by atoms with Gasteiger partial charge in [-0.05, 0) is 37.8 Å². The van der Waals surface area contributed by atoms with E-state index in [1.165, 1.54) is 0 Å². The fraction of sp³-hybridized carbons (Fsp3) is 0.529. The molecule has 0 radical (unpaired) electrons. The zero-order valence-corrected chi connectivity index (χ0v) is 17.9. The SMILES string of the molecule is CC[C@@H](C)[C@H](NS(=O)(=O)c1c(C)cc(C)cc1C)c1nnc(S(C)(=O)=O)o1. The van der Waals surface area contributed by atoms with Gasteiger partial charge in [-0.3, -0.25) is 0 Å². The molecule has 1 heterocycles. The second-order valence-electron chi connectivity index (χ2n) is 6.89. The monoisotopic (exact) mass is 415 g/mol. The average Bonchev–Trinajstić information content (AvgIpc) is 3.00. The highest BCUT2D eigenvalue weighted by atomic mass is 32.2. The molecule has 0 aliphatic heterocycles. The number of nitrogens with one attached hydrogen (secondary N) is 1. The van der Waals surface area contributed by atoms with Gasteiger partial charge in [0.2, 0.25) is 25.8 Å². The third-order valence-electron chi connectivity index (χ3n) is 4.37. The van der Waals surface area contributed by atoms with Crippen LogP contribution in [0.4, 0.5) is 0 Å². The normalized spacial score (nSPS) is 14.9. The van der Waals surface area contributed by atoms with E-state index in [0.29, 0.717) is 17.5 Å². The number of aromatic nitrogens is 2. The van der Waals surface area contributed by atoms with Crippen LogP contribution in [0.3, 0.4) is 0 Å². The summed E-state index contributed by atoms with van der Waals surface area (Å²) in [5.74, 6) is -0.269. The number of hydrogen-bond donors (Lipinski definition) is 1. The van der Waals surface area contributed by atoms with Crippen molar-refractivity contribution in [2.45, 2.75) is 57.2 Å². The van der Waals surface area contributed by atoms with Crippen LogP contribution in [0.5, 0.6) is 0 Å². The van der Waals surface area contributed by atoms with Crippen molar-refractivity contribution >= 4 is 19.9 Å². The Morgan fingerprint density at radius 1 is 1.07 bits per heavy atom. The highest BCUT2D eigenvalue weighted by Gasteiger charge is 2.32. The Hall–Kier alpha value is -1.78. The minimum absolute atomic E-state index is 0.0734. The van der Waals surface area contributed by atoms with E-state index in [2.05, 4.69) is 14.9 Å². The summed E-state index contributed by atoms with van der Waals surface area (Å²) >= 11 is 0. The van der Waals surface area contributed by atoms with Crippen molar-refractivity contribution in [3.8, 4) is 0 Å². The van der Waals surface area contributed by atoms with Gasteiger partial charge in [-0.15, -0.1) is 5.10 Å². The lowest BCUT2D eigenvalue weighted by Crippen LogP contribution is -2.33. The largest absolute Gasteiger partial charge is 0.411 e. The number of benzene rings is 1. The Morgan fingerprint density at radius 2 is 1.63 bits per heavy atom. The van der Waals surface area contributed by atoms with Crippen LogP contribution in [0.25, 0.3) is 0 Å². The molecule has 0 saturated carbocycles. The van der Waals surface area contributed by atoms with Crippen LogP contribution in [0.15, 0.2) is 26.7 Å². The number of rotatable bonds is 7. The van der Waals surface area contributed by atoms with Gasteiger partial charge in [0.15, 0.2) is 0 Å². The van der Waals surface area contributed by atoms with Crippen molar-refractivity contribution in [1.82, 2.24) is 14.9 Å². The second-order valence-corrected chi connectivity index (χ2v) is 10.4. The number of nitrogens with zero attached hydrogens (tertiary/aromatic N) is 2. The van der Waals surface area contributed by atoms with E-state index in [-0.39, 0.29) is 16.7 Å². The van der Waals surface area contributed by atoms with Gasteiger partial charge in [-0.25, -0.2) is 16.8 Å². The molecule has 0 unspecified atom stereocenters. The van der Waals surface area contributed by atoms with Crippen molar-refractivity contribution in [2.75, 3.05) is 6.26 Å². The van der Waals surface area contributed by atoms with Gasteiger partial charge >= 0.3 is 5.22 Å². The van der Waals surface area contributed by atoms with Crippen LogP contribution in [-0.2, 0) is 19.9 Å². The maximum atomic E-state index is 13.1. The lowest BCUT2D eigenvalue weighted by molar-refractivity contribution is 0.312. The standard InChI is InChI=1S/C17H25N3O5S2/c1-7-11(3)14(16-18-19-17(25-16)26(6,21)22)20-27(23,24)15-12(4)8-10(2)9-13(15)5/h8-9,11,14,20H,7H2,1-6H3/t11-,14+/m1/s1. The van der Waals surface area contributed by atoms with Gasteiger partial charge in [-0.1, -0.05) is 43.1 Å². The molecule has 1 aromatic carbocycles. The van der Waals surface area contributed by atoms with Gasteiger partial charge in [0.25, 0.3) is 0 Å². The minimum Gasteiger partial charge on any atom is -0.411 e. The lowest BCUT2D eigenvalue weighted by Gasteiger charge is -2.22. The number of hydrogen-bond acceptors (Lipinski definition) is 7. The molecule has 10 heteroatoms. The molecule has 2 aromatic rings. The summed E-state index contributed by atoms with van der Waals surface area (Å²) in [5, 5.41) is 6.77. The summed E-state index contributed by atoms with van der Waals surface area (Å²) in [6, 6.07) is 2.76. The zero-order valence-electron chi connectivity index (χ0n) is 16.3. The molecule has 150 valence electrons. The Morgan fingerprint density at radius 3 is 2.07 bits per heavy atom. The molecule has 2 atom stereocenters.